The first-order valence-corrected chi connectivity index (χ1v) is 5.21. The van der Waals surface area contributed by atoms with E-state index in [9.17, 15) is 4.79 Å². The van der Waals surface area contributed by atoms with Crippen LogP contribution in [-0.2, 0) is 11.3 Å². The van der Waals surface area contributed by atoms with E-state index in [1.165, 1.54) is 0 Å². The van der Waals surface area contributed by atoms with Gasteiger partial charge in [0.05, 0.1) is 13.7 Å². The van der Waals surface area contributed by atoms with Crippen molar-refractivity contribution in [2.45, 2.75) is 6.54 Å². The molecule has 0 spiro atoms. The van der Waals surface area contributed by atoms with Crippen molar-refractivity contribution in [1.29, 1.82) is 0 Å². The summed E-state index contributed by atoms with van der Waals surface area (Å²) in [6.45, 7) is 1.85. The van der Waals surface area contributed by atoms with Crippen LogP contribution in [0.2, 0.25) is 0 Å². The fourth-order valence-corrected chi connectivity index (χ4v) is 1.87. The average molecular weight is 221 g/mol. The predicted molar refractivity (Wildman–Crippen MR) is 59.6 cm³/mol. The molecule has 2 rings (SSSR count). The van der Waals surface area contributed by atoms with Gasteiger partial charge in [0.25, 0.3) is 5.91 Å². The molecule has 0 aromatic heterocycles. The van der Waals surface area contributed by atoms with Crippen molar-refractivity contribution in [3.63, 3.8) is 0 Å². The highest BCUT2D eigenvalue weighted by molar-refractivity contribution is 5.98. The molecule has 1 amide bonds. The van der Waals surface area contributed by atoms with Crippen LogP contribution in [0.15, 0.2) is 18.2 Å². The molecule has 16 heavy (non-hydrogen) atoms. The van der Waals surface area contributed by atoms with Gasteiger partial charge >= 0.3 is 0 Å². The summed E-state index contributed by atoms with van der Waals surface area (Å²) < 4.78 is 10.1. The second-order valence-corrected chi connectivity index (χ2v) is 3.74. The first-order chi connectivity index (χ1) is 7.76. The number of benzene rings is 1. The van der Waals surface area contributed by atoms with E-state index in [0.717, 1.165) is 16.9 Å². The number of fused-ring (bicyclic) bond motifs is 1. The smallest absolute Gasteiger partial charge is 0.254 e. The van der Waals surface area contributed by atoms with Crippen molar-refractivity contribution in [2.24, 2.45) is 0 Å². The third-order valence-corrected chi connectivity index (χ3v) is 2.76. The first kappa shape index (κ1) is 11.0. The normalized spacial score (nSPS) is 14.1. The fraction of sp³-hybridized carbons (Fsp3) is 0.417. The molecule has 1 heterocycles. The van der Waals surface area contributed by atoms with Crippen LogP contribution in [0.4, 0.5) is 0 Å². The zero-order valence-electron chi connectivity index (χ0n) is 9.53. The van der Waals surface area contributed by atoms with Gasteiger partial charge in [0.15, 0.2) is 0 Å². The van der Waals surface area contributed by atoms with Crippen LogP contribution in [0.25, 0.3) is 0 Å². The molecule has 0 radical (unpaired) electrons. The maximum Gasteiger partial charge on any atom is 0.254 e. The van der Waals surface area contributed by atoms with Crippen molar-refractivity contribution < 1.29 is 14.3 Å². The van der Waals surface area contributed by atoms with Gasteiger partial charge in [0.2, 0.25) is 0 Å². The van der Waals surface area contributed by atoms with Gasteiger partial charge in [-0.2, -0.15) is 0 Å². The summed E-state index contributed by atoms with van der Waals surface area (Å²) in [5.41, 5.74) is 1.80. The number of hydrogen-bond donors (Lipinski definition) is 0. The molecule has 0 unspecified atom stereocenters. The summed E-state index contributed by atoms with van der Waals surface area (Å²) >= 11 is 0. The number of carbonyl (C=O) groups is 1. The molecule has 1 aliphatic rings. The Bertz CT molecular complexity index is 403. The maximum atomic E-state index is 11.9. The Morgan fingerprint density at radius 1 is 1.38 bits per heavy atom. The Balaban J connectivity index is 2.17. The highest BCUT2D eigenvalue weighted by Crippen LogP contribution is 2.26. The van der Waals surface area contributed by atoms with E-state index in [-0.39, 0.29) is 5.91 Å². The molecule has 86 valence electrons. The Hall–Kier alpha value is -1.55. The third kappa shape index (κ3) is 1.88. The van der Waals surface area contributed by atoms with Crippen LogP contribution in [0.5, 0.6) is 5.75 Å². The largest absolute Gasteiger partial charge is 0.497 e. The molecule has 0 bridgehead atoms. The number of carbonyl (C=O) groups excluding carboxylic acids is 1. The van der Waals surface area contributed by atoms with E-state index >= 15 is 0 Å². The van der Waals surface area contributed by atoms with Gasteiger partial charge in [-0.25, -0.2) is 0 Å². The Kier molecular flexibility index (Phi) is 3.10. The molecule has 0 atom stereocenters. The quantitative estimate of drug-likeness (QED) is 0.769. The number of rotatable bonds is 4. The third-order valence-electron chi connectivity index (χ3n) is 2.76. The Morgan fingerprint density at radius 2 is 2.19 bits per heavy atom. The summed E-state index contributed by atoms with van der Waals surface area (Å²) in [7, 11) is 3.26. The molecule has 0 saturated carbocycles. The van der Waals surface area contributed by atoms with Crippen LogP contribution in [0.3, 0.4) is 0 Å². The lowest BCUT2D eigenvalue weighted by molar-refractivity contribution is 0.0719. The maximum absolute atomic E-state index is 11.9. The van der Waals surface area contributed by atoms with E-state index in [4.69, 9.17) is 9.47 Å². The van der Waals surface area contributed by atoms with Gasteiger partial charge in [0.1, 0.15) is 5.75 Å². The lowest BCUT2D eigenvalue weighted by atomic mass is 10.1. The van der Waals surface area contributed by atoms with Crippen LogP contribution < -0.4 is 4.74 Å². The van der Waals surface area contributed by atoms with Crippen LogP contribution in [0.1, 0.15) is 15.9 Å². The Labute approximate surface area is 94.8 Å². The monoisotopic (exact) mass is 221 g/mol. The molecule has 0 N–H and O–H groups in total. The molecule has 4 heteroatoms. The Morgan fingerprint density at radius 3 is 2.88 bits per heavy atom. The van der Waals surface area contributed by atoms with E-state index in [1.807, 2.05) is 18.2 Å². The SMILES string of the molecule is COCCN1Cc2cc(OC)ccc2C1=O. The summed E-state index contributed by atoms with van der Waals surface area (Å²) in [4.78, 5) is 13.7. The molecule has 1 aromatic carbocycles. The van der Waals surface area contributed by atoms with Crippen molar-refractivity contribution in [3.05, 3.63) is 29.3 Å². The number of amides is 1. The first-order valence-electron chi connectivity index (χ1n) is 5.21. The zero-order chi connectivity index (χ0) is 11.5. The molecule has 1 aliphatic heterocycles. The van der Waals surface area contributed by atoms with Gasteiger partial charge < -0.3 is 14.4 Å². The highest BCUT2D eigenvalue weighted by atomic mass is 16.5. The molecular weight excluding hydrogens is 206 g/mol. The molecule has 1 aromatic rings. The van der Waals surface area contributed by atoms with Gasteiger partial charge in [-0.1, -0.05) is 0 Å². The lowest BCUT2D eigenvalue weighted by Gasteiger charge is -2.14. The second kappa shape index (κ2) is 4.53. The summed E-state index contributed by atoms with van der Waals surface area (Å²) in [5, 5.41) is 0. The van der Waals surface area contributed by atoms with Crippen LogP contribution in [-0.4, -0.2) is 38.2 Å². The average Bonchev–Trinajstić information content (AvgIpc) is 2.63. The zero-order valence-corrected chi connectivity index (χ0v) is 9.53. The minimum absolute atomic E-state index is 0.0784. The topological polar surface area (TPSA) is 38.8 Å². The number of nitrogens with zero attached hydrogens (tertiary/aromatic N) is 1. The fourth-order valence-electron chi connectivity index (χ4n) is 1.87. The van der Waals surface area contributed by atoms with Gasteiger partial charge in [-0.05, 0) is 23.8 Å². The molecule has 0 fully saturated rings. The highest BCUT2D eigenvalue weighted by Gasteiger charge is 2.26. The second-order valence-electron chi connectivity index (χ2n) is 3.74. The minimum Gasteiger partial charge on any atom is -0.497 e. The van der Waals surface area contributed by atoms with E-state index in [2.05, 4.69) is 0 Å². The van der Waals surface area contributed by atoms with E-state index in [0.29, 0.717) is 19.7 Å². The molecular formula is C12H15NO3. The lowest BCUT2D eigenvalue weighted by Crippen LogP contribution is -2.27. The van der Waals surface area contributed by atoms with Crippen LogP contribution >= 0.6 is 0 Å². The predicted octanol–water partition coefficient (Wildman–Crippen LogP) is 1.30. The number of hydrogen-bond acceptors (Lipinski definition) is 3. The van der Waals surface area contributed by atoms with Crippen molar-refractivity contribution >= 4 is 5.91 Å². The van der Waals surface area contributed by atoms with Crippen LogP contribution in [0, 0.1) is 0 Å². The van der Waals surface area contributed by atoms with Crippen molar-refractivity contribution in [1.82, 2.24) is 4.90 Å². The van der Waals surface area contributed by atoms with E-state index < -0.39 is 0 Å². The van der Waals surface area contributed by atoms with Crippen molar-refractivity contribution in [2.75, 3.05) is 27.4 Å². The molecule has 0 aliphatic carbocycles. The summed E-state index contributed by atoms with van der Waals surface area (Å²) in [6, 6.07) is 5.56. The molecule has 4 nitrogen and oxygen atoms in total. The summed E-state index contributed by atoms with van der Waals surface area (Å²) in [5.74, 6) is 0.870. The summed E-state index contributed by atoms with van der Waals surface area (Å²) in [6.07, 6.45) is 0. The minimum atomic E-state index is 0.0784. The van der Waals surface area contributed by atoms with Gasteiger partial charge in [-0.15, -0.1) is 0 Å². The molecule has 0 saturated heterocycles. The van der Waals surface area contributed by atoms with Crippen molar-refractivity contribution in [3.8, 4) is 5.75 Å². The standard InChI is InChI=1S/C12H15NO3/c1-15-6-5-13-8-9-7-10(16-2)3-4-11(9)12(13)14/h3-4,7H,5-6,8H2,1-2H3. The van der Waals surface area contributed by atoms with Gasteiger partial charge in [0, 0.05) is 25.8 Å². The number of methoxy groups -OCH3 is 2. The van der Waals surface area contributed by atoms with E-state index in [1.54, 1.807) is 19.1 Å². The van der Waals surface area contributed by atoms with Gasteiger partial charge in [-0.3, -0.25) is 4.79 Å². The number of ether oxygens (including phenoxy) is 2.